The van der Waals surface area contributed by atoms with Crippen LogP contribution < -0.4 is 37.9 Å². The molecule has 0 unspecified atom stereocenters. The largest absolute Gasteiger partial charge is 0.493 e. The van der Waals surface area contributed by atoms with E-state index in [0.29, 0.717) is 79.4 Å². The maximum atomic E-state index is 14.3. The van der Waals surface area contributed by atoms with E-state index < -0.39 is 0 Å². The summed E-state index contributed by atoms with van der Waals surface area (Å²) >= 11 is 0. The van der Waals surface area contributed by atoms with Gasteiger partial charge in [0.15, 0.2) is 40.3 Å². The van der Waals surface area contributed by atoms with Gasteiger partial charge in [0, 0.05) is 22.3 Å². The van der Waals surface area contributed by atoms with Crippen LogP contribution in [0.15, 0.2) is 36.4 Å². The van der Waals surface area contributed by atoms with Gasteiger partial charge in [-0.15, -0.1) is 0 Å². The number of Topliss-reactive ketones (excluding diaryl/α,β-unsaturated/α-hetero) is 1. The third kappa shape index (κ3) is 4.72. The zero-order chi connectivity index (χ0) is 29.1. The maximum Gasteiger partial charge on any atom is 0.203 e. The highest BCUT2D eigenvalue weighted by Crippen LogP contribution is 2.54. The standard InChI is InChI=1S/C31H34O9/c1-16(2)40-21-12-17(10-11-20(21)33-3)25-26(18-13-22(34-4)29(37-7)23(14-18)35-5)28(32)19-15-24(36-6)30(38-8)31(39-9)27(19)25/h10-16H,1-9H3. The Labute approximate surface area is 234 Å². The van der Waals surface area contributed by atoms with Crippen LogP contribution in [0.4, 0.5) is 0 Å². The predicted molar refractivity (Wildman–Crippen MR) is 151 cm³/mol. The molecule has 0 N–H and O–H groups in total. The van der Waals surface area contributed by atoms with E-state index in [0.717, 1.165) is 0 Å². The third-order valence-corrected chi connectivity index (χ3v) is 6.57. The minimum Gasteiger partial charge on any atom is -0.493 e. The highest BCUT2D eigenvalue weighted by atomic mass is 16.5. The zero-order valence-corrected chi connectivity index (χ0v) is 24.2. The fourth-order valence-corrected chi connectivity index (χ4v) is 4.92. The van der Waals surface area contributed by atoms with Crippen LogP contribution in [0.3, 0.4) is 0 Å². The number of ether oxygens (including phenoxy) is 8. The third-order valence-electron chi connectivity index (χ3n) is 6.57. The average molecular weight is 551 g/mol. The molecular weight excluding hydrogens is 516 g/mol. The lowest BCUT2D eigenvalue weighted by Gasteiger charge is -2.19. The molecule has 9 nitrogen and oxygen atoms in total. The van der Waals surface area contributed by atoms with Crippen LogP contribution >= 0.6 is 0 Å². The van der Waals surface area contributed by atoms with E-state index >= 15 is 0 Å². The van der Waals surface area contributed by atoms with E-state index in [2.05, 4.69) is 0 Å². The summed E-state index contributed by atoms with van der Waals surface area (Å²) in [5.41, 5.74) is 3.25. The molecule has 40 heavy (non-hydrogen) atoms. The number of carbonyl (C=O) groups is 1. The number of hydrogen-bond acceptors (Lipinski definition) is 9. The molecule has 0 saturated carbocycles. The second-order valence-corrected chi connectivity index (χ2v) is 9.09. The van der Waals surface area contributed by atoms with Crippen molar-refractivity contribution in [2.75, 3.05) is 49.8 Å². The minimum absolute atomic E-state index is 0.107. The number of ketones is 1. The molecule has 0 aromatic heterocycles. The summed E-state index contributed by atoms with van der Waals surface area (Å²) < 4.78 is 45.4. The maximum absolute atomic E-state index is 14.3. The van der Waals surface area contributed by atoms with Crippen molar-refractivity contribution in [2.24, 2.45) is 0 Å². The monoisotopic (exact) mass is 550 g/mol. The molecule has 9 heteroatoms. The van der Waals surface area contributed by atoms with E-state index in [1.54, 1.807) is 25.3 Å². The Morgan fingerprint density at radius 3 is 1.55 bits per heavy atom. The first-order valence-electron chi connectivity index (χ1n) is 12.6. The molecule has 0 saturated heterocycles. The molecule has 0 heterocycles. The van der Waals surface area contributed by atoms with Crippen molar-refractivity contribution in [1.29, 1.82) is 0 Å². The summed E-state index contributed by atoms with van der Waals surface area (Å²) in [6.45, 7) is 3.86. The number of fused-ring (bicyclic) bond motifs is 1. The van der Waals surface area contributed by atoms with Gasteiger partial charge in [0.05, 0.1) is 55.9 Å². The Morgan fingerprint density at radius 1 is 0.525 bits per heavy atom. The topological polar surface area (TPSA) is 90.9 Å². The summed E-state index contributed by atoms with van der Waals surface area (Å²) in [5, 5.41) is 0. The Bertz CT molecular complexity index is 1450. The number of hydrogen-bond donors (Lipinski definition) is 0. The highest BCUT2D eigenvalue weighted by Gasteiger charge is 2.38. The highest BCUT2D eigenvalue weighted by molar-refractivity contribution is 6.42. The Kier molecular flexibility index (Phi) is 8.32. The van der Waals surface area contributed by atoms with Crippen LogP contribution in [0.5, 0.6) is 46.0 Å². The molecule has 3 aromatic carbocycles. The smallest absolute Gasteiger partial charge is 0.203 e. The van der Waals surface area contributed by atoms with Gasteiger partial charge in [0.25, 0.3) is 0 Å². The van der Waals surface area contributed by atoms with Gasteiger partial charge in [0.2, 0.25) is 11.5 Å². The summed E-state index contributed by atoms with van der Waals surface area (Å²) in [6.07, 6.45) is -0.107. The average Bonchev–Trinajstić information content (AvgIpc) is 3.26. The normalized spacial score (nSPS) is 12.3. The number of carbonyl (C=O) groups excluding carboxylic acids is 1. The van der Waals surface area contributed by atoms with E-state index in [9.17, 15) is 4.79 Å². The first-order valence-corrected chi connectivity index (χ1v) is 12.6. The van der Waals surface area contributed by atoms with Crippen LogP contribution in [-0.2, 0) is 0 Å². The second kappa shape index (κ2) is 11.7. The summed E-state index contributed by atoms with van der Waals surface area (Å²) in [5.74, 6) is 3.20. The molecule has 0 radical (unpaired) electrons. The quantitative estimate of drug-likeness (QED) is 0.299. The van der Waals surface area contributed by atoms with Crippen molar-refractivity contribution >= 4 is 16.9 Å². The Hall–Kier alpha value is -4.53. The molecule has 0 atom stereocenters. The van der Waals surface area contributed by atoms with Crippen LogP contribution in [0, 0.1) is 0 Å². The molecule has 0 spiro atoms. The summed E-state index contributed by atoms with van der Waals surface area (Å²) in [7, 11) is 10.7. The van der Waals surface area contributed by atoms with Crippen LogP contribution in [-0.4, -0.2) is 61.7 Å². The van der Waals surface area contributed by atoms with Crippen molar-refractivity contribution in [3.63, 3.8) is 0 Å². The van der Waals surface area contributed by atoms with Gasteiger partial charge >= 0.3 is 0 Å². The molecule has 0 amide bonds. The fraction of sp³-hybridized carbons (Fsp3) is 0.323. The molecule has 3 aromatic rings. The zero-order valence-electron chi connectivity index (χ0n) is 24.2. The second-order valence-electron chi connectivity index (χ2n) is 9.09. The molecule has 1 aliphatic rings. The SMILES string of the molecule is COc1ccc(C2=C(c3cc(OC)c(OC)c(OC)c3)C(=O)c3cc(OC)c(OC)c(OC)c32)cc1OC(C)C. The fourth-order valence-electron chi connectivity index (χ4n) is 4.92. The number of benzene rings is 3. The van der Waals surface area contributed by atoms with Gasteiger partial charge in [-0.1, -0.05) is 6.07 Å². The van der Waals surface area contributed by atoms with Gasteiger partial charge in [-0.05, 0) is 55.3 Å². The molecular formula is C31H34O9. The lowest BCUT2D eigenvalue weighted by atomic mass is 9.93. The molecule has 1 aliphatic carbocycles. The van der Waals surface area contributed by atoms with Crippen molar-refractivity contribution in [3.05, 3.63) is 58.7 Å². The van der Waals surface area contributed by atoms with Crippen LogP contribution in [0.2, 0.25) is 0 Å². The number of methoxy groups -OCH3 is 7. The predicted octanol–water partition coefficient (Wildman–Crippen LogP) is 5.69. The van der Waals surface area contributed by atoms with E-state index in [1.807, 2.05) is 32.0 Å². The lowest BCUT2D eigenvalue weighted by molar-refractivity contribution is 0.105. The Morgan fingerprint density at radius 2 is 1.05 bits per heavy atom. The molecule has 4 rings (SSSR count). The lowest BCUT2D eigenvalue weighted by Crippen LogP contribution is -2.07. The first-order chi connectivity index (χ1) is 19.3. The first kappa shape index (κ1) is 28.5. The van der Waals surface area contributed by atoms with Gasteiger partial charge < -0.3 is 37.9 Å². The Balaban J connectivity index is 2.15. The molecule has 212 valence electrons. The molecule has 0 bridgehead atoms. The summed E-state index contributed by atoms with van der Waals surface area (Å²) in [6, 6.07) is 10.7. The van der Waals surface area contributed by atoms with Gasteiger partial charge in [-0.3, -0.25) is 4.79 Å². The summed E-state index contributed by atoms with van der Waals surface area (Å²) in [4.78, 5) is 14.3. The van der Waals surface area contributed by atoms with Crippen molar-refractivity contribution in [1.82, 2.24) is 0 Å². The van der Waals surface area contributed by atoms with Gasteiger partial charge in [-0.2, -0.15) is 0 Å². The molecule has 0 aliphatic heterocycles. The number of allylic oxidation sites excluding steroid dienone is 1. The minimum atomic E-state index is -0.235. The number of rotatable bonds is 11. The van der Waals surface area contributed by atoms with Crippen molar-refractivity contribution in [2.45, 2.75) is 20.0 Å². The van der Waals surface area contributed by atoms with E-state index in [1.165, 1.54) is 42.7 Å². The van der Waals surface area contributed by atoms with Gasteiger partial charge in [0.1, 0.15) is 0 Å². The van der Waals surface area contributed by atoms with E-state index in [4.69, 9.17) is 37.9 Å². The van der Waals surface area contributed by atoms with Gasteiger partial charge in [-0.25, -0.2) is 0 Å². The van der Waals surface area contributed by atoms with Crippen molar-refractivity contribution in [3.8, 4) is 46.0 Å². The van der Waals surface area contributed by atoms with Crippen molar-refractivity contribution < 1.29 is 42.7 Å². The van der Waals surface area contributed by atoms with Crippen LogP contribution in [0.25, 0.3) is 11.1 Å². The molecule has 0 fully saturated rings. The van der Waals surface area contributed by atoms with E-state index in [-0.39, 0.29) is 11.9 Å². The van der Waals surface area contributed by atoms with Crippen LogP contribution in [0.1, 0.15) is 40.9 Å².